The Balaban J connectivity index is 1.50. The number of alkyl halides is 3. The molecule has 1 aromatic heterocycles. The maximum atomic E-state index is 13.1. The minimum absolute atomic E-state index is 0.164. The molecule has 1 fully saturated rings. The fourth-order valence-electron chi connectivity index (χ4n) is 3.66. The molecule has 0 aliphatic carbocycles. The van der Waals surface area contributed by atoms with Crippen molar-refractivity contribution >= 4 is 11.7 Å². The standard InChI is InChI=1S/C22H17F4N3O3/c23-17-8-6-13(7-9-17)18(30)16-5-2-10-29(12-16)20(31)15-4-1-3-14(11-15)19-27-21(32-28-19)22(24,25)26/h1,3-4,6-9,11,16H,2,5,10,12H2. The highest BCUT2D eigenvalue weighted by Crippen LogP contribution is 2.30. The third kappa shape index (κ3) is 4.53. The molecular formula is C22H17F4N3O3. The van der Waals surface area contributed by atoms with Crippen molar-refractivity contribution in [2.75, 3.05) is 13.1 Å². The van der Waals surface area contributed by atoms with Crippen molar-refractivity contribution in [3.63, 3.8) is 0 Å². The predicted molar refractivity (Wildman–Crippen MR) is 104 cm³/mol. The van der Waals surface area contributed by atoms with Gasteiger partial charge in [0.2, 0.25) is 5.82 Å². The summed E-state index contributed by atoms with van der Waals surface area (Å²) >= 11 is 0. The van der Waals surface area contributed by atoms with Gasteiger partial charge in [-0.3, -0.25) is 9.59 Å². The summed E-state index contributed by atoms with van der Waals surface area (Å²) in [5, 5.41) is 3.34. The van der Waals surface area contributed by atoms with E-state index in [1.807, 2.05) is 0 Å². The van der Waals surface area contributed by atoms with Gasteiger partial charge in [-0.2, -0.15) is 18.2 Å². The van der Waals surface area contributed by atoms with Gasteiger partial charge in [-0.25, -0.2) is 4.39 Å². The molecule has 0 radical (unpaired) electrons. The number of halogens is 4. The quantitative estimate of drug-likeness (QED) is 0.431. The van der Waals surface area contributed by atoms with Gasteiger partial charge in [-0.05, 0) is 49.2 Å². The number of ketones is 1. The molecule has 6 nitrogen and oxygen atoms in total. The molecule has 4 rings (SSSR count). The normalized spacial score (nSPS) is 16.8. The van der Waals surface area contributed by atoms with E-state index in [2.05, 4.69) is 14.7 Å². The van der Waals surface area contributed by atoms with Crippen LogP contribution in [0.3, 0.4) is 0 Å². The number of hydrogen-bond acceptors (Lipinski definition) is 5. The Morgan fingerprint density at radius 2 is 1.81 bits per heavy atom. The lowest BCUT2D eigenvalue weighted by atomic mass is 9.89. The second kappa shape index (κ2) is 8.52. The summed E-state index contributed by atoms with van der Waals surface area (Å²) in [6.07, 6.45) is -3.55. The van der Waals surface area contributed by atoms with Crippen LogP contribution < -0.4 is 0 Å². The second-order valence-corrected chi connectivity index (χ2v) is 7.46. The van der Waals surface area contributed by atoms with Gasteiger partial charge in [0.1, 0.15) is 5.82 Å². The lowest BCUT2D eigenvalue weighted by Crippen LogP contribution is -2.42. The molecule has 1 unspecified atom stereocenters. The Hall–Kier alpha value is -3.56. The number of likely N-dealkylation sites (tertiary alicyclic amines) is 1. The summed E-state index contributed by atoms with van der Waals surface area (Å²) in [4.78, 5) is 30.7. The van der Waals surface area contributed by atoms with E-state index in [0.29, 0.717) is 24.9 Å². The Kier molecular flexibility index (Phi) is 5.77. The largest absolute Gasteiger partial charge is 0.471 e. The number of amides is 1. The van der Waals surface area contributed by atoms with Crippen LogP contribution in [0.1, 0.15) is 39.4 Å². The molecular weight excluding hydrogens is 430 g/mol. The number of piperidine rings is 1. The van der Waals surface area contributed by atoms with E-state index in [9.17, 15) is 27.2 Å². The van der Waals surface area contributed by atoms with Gasteiger partial charge in [0.05, 0.1) is 0 Å². The zero-order valence-corrected chi connectivity index (χ0v) is 16.6. The van der Waals surface area contributed by atoms with Crippen LogP contribution in [-0.4, -0.2) is 39.8 Å². The SMILES string of the molecule is O=C(c1ccc(F)cc1)C1CCCN(C(=O)c2cccc(-c3noc(C(F)(F)F)n3)c2)C1. The third-order valence-electron chi connectivity index (χ3n) is 5.24. The van der Waals surface area contributed by atoms with Crippen molar-refractivity contribution in [2.45, 2.75) is 19.0 Å². The lowest BCUT2D eigenvalue weighted by Gasteiger charge is -2.32. The molecule has 32 heavy (non-hydrogen) atoms. The fraction of sp³-hybridized carbons (Fsp3) is 0.273. The minimum atomic E-state index is -4.77. The smallest absolute Gasteiger partial charge is 0.338 e. The summed E-state index contributed by atoms with van der Waals surface area (Å²) in [5.41, 5.74) is 0.812. The van der Waals surface area contributed by atoms with Crippen LogP contribution in [0.2, 0.25) is 0 Å². The lowest BCUT2D eigenvalue weighted by molar-refractivity contribution is -0.159. The minimum Gasteiger partial charge on any atom is -0.338 e. The van der Waals surface area contributed by atoms with Gasteiger partial charge in [0.25, 0.3) is 5.91 Å². The van der Waals surface area contributed by atoms with Gasteiger partial charge in [-0.1, -0.05) is 17.3 Å². The highest BCUT2D eigenvalue weighted by molar-refractivity contribution is 5.99. The van der Waals surface area contributed by atoms with Crippen molar-refractivity contribution in [3.05, 3.63) is 71.4 Å². The van der Waals surface area contributed by atoms with E-state index < -0.39 is 23.8 Å². The third-order valence-corrected chi connectivity index (χ3v) is 5.24. The zero-order chi connectivity index (χ0) is 22.9. The maximum absolute atomic E-state index is 13.1. The molecule has 0 spiro atoms. The van der Waals surface area contributed by atoms with Crippen molar-refractivity contribution in [1.82, 2.24) is 15.0 Å². The number of hydrogen-bond donors (Lipinski definition) is 0. The molecule has 1 atom stereocenters. The molecule has 1 aliphatic rings. The summed E-state index contributed by atoms with van der Waals surface area (Å²) in [5.74, 6) is -3.14. The zero-order valence-electron chi connectivity index (χ0n) is 16.6. The Labute approximate surface area is 179 Å². The first-order valence-electron chi connectivity index (χ1n) is 9.83. The van der Waals surface area contributed by atoms with Crippen LogP contribution in [0.25, 0.3) is 11.4 Å². The van der Waals surface area contributed by atoms with E-state index in [1.165, 1.54) is 53.4 Å². The monoisotopic (exact) mass is 447 g/mol. The average Bonchev–Trinajstić information content (AvgIpc) is 3.30. The second-order valence-electron chi connectivity index (χ2n) is 7.46. The van der Waals surface area contributed by atoms with Crippen LogP contribution in [0.15, 0.2) is 53.1 Å². The molecule has 166 valence electrons. The van der Waals surface area contributed by atoms with E-state index in [1.54, 1.807) is 0 Å². The Morgan fingerprint density at radius 3 is 2.50 bits per heavy atom. The summed E-state index contributed by atoms with van der Waals surface area (Å²) < 4.78 is 55.5. The number of aromatic nitrogens is 2. The Bertz CT molecular complexity index is 1140. The average molecular weight is 447 g/mol. The predicted octanol–water partition coefficient (Wildman–Crippen LogP) is 4.63. The number of carbonyl (C=O) groups excluding carboxylic acids is 2. The Morgan fingerprint density at radius 1 is 1.06 bits per heavy atom. The molecule has 0 bridgehead atoms. The van der Waals surface area contributed by atoms with Crippen LogP contribution in [0.4, 0.5) is 17.6 Å². The molecule has 1 saturated heterocycles. The van der Waals surface area contributed by atoms with Gasteiger partial charge in [-0.15, -0.1) is 0 Å². The van der Waals surface area contributed by atoms with Crippen LogP contribution in [0, 0.1) is 11.7 Å². The van der Waals surface area contributed by atoms with Crippen molar-refractivity contribution < 1.29 is 31.7 Å². The molecule has 0 N–H and O–H groups in total. The van der Waals surface area contributed by atoms with E-state index in [4.69, 9.17) is 0 Å². The fourth-order valence-corrected chi connectivity index (χ4v) is 3.66. The van der Waals surface area contributed by atoms with Crippen molar-refractivity contribution in [2.24, 2.45) is 5.92 Å². The number of Topliss-reactive ketones (excluding diaryl/α,β-unsaturated/α-hetero) is 1. The first-order valence-corrected chi connectivity index (χ1v) is 9.83. The number of rotatable bonds is 4. The number of carbonyl (C=O) groups is 2. The van der Waals surface area contributed by atoms with Gasteiger partial charge in [0, 0.05) is 35.7 Å². The van der Waals surface area contributed by atoms with Crippen molar-refractivity contribution in [3.8, 4) is 11.4 Å². The van der Waals surface area contributed by atoms with Gasteiger partial charge >= 0.3 is 12.1 Å². The number of benzene rings is 2. The van der Waals surface area contributed by atoms with Crippen LogP contribution >= 0.6 is 0 Å². The van der Waals surface area contributed by atoms with E-state index in [0.717, 1.165) is 0 Å². The molecule has 0 saturated carbocycles. The summed E-state index contributed by atoms with van der Waals surface area (Å²) in [7, 11) is 0. The first-order chi connectivity index (χ1) is 15.2. The summed E-state index contributed by atoms with van der Waals surface area (Å²) in [6.45, 7) is 0.635. The van der Waals surface area contributed by atoms with E-state index in [-0.39, 0.29) is 35.2 Å². The van der Waals surface area contributed by atoms with Crippen LogP contribution in [0.5, 0.6) is 0 Å². The van der Waals surface area contributed by atoms with Gasteiger partial charge in [0.15, 0.2) is 5.78 Å². The molecule has 3 aromatic rings. The highest BCUT2D eigenvalue weighted by atomic mass is 19.4. The molecule has 2 heterocycles. The first kappa shape index (κ1) is 21.7. The molecule has 10 heteroatoms. The van der Waals surface area contributed by atoms with Crippen molar-refractivity contribution in [1.29, 1.82) is 0 Å². The summed E-state index contributed by atoms with van der Waals surface area (Å²) in [6, 6.07) is 11.2. The highest BCUT2D eigenvalue weighted by Gasteiger charge is 2.38. The molecule has 1 amide bonds. The maximum Gasteiger partial charge on any atom is 0.471 e. The molecule has 2 aromatic carbocycles. The topological polar surface area (TPSA) is 76.3 Å². The number of nitrogens with zero attached hydrogens (tertiary/aromatic N) is 3. The van der Waals surface area contributed by atoms with Crippen LogP contribution in [-0.2, 0) is 6.18 Å². The van der Waals surface area contributed by atoms with E-state index >= 15 is 0 Å². The molecule has 1 aliphatic heterocycles. The van der Waals surface area contributed by atoms with Gasteiger partial charge < -0.3 is 9.42 Å².